The summed E-state index contributed by atoms with van der Waals surface area (Å²) in [6.07, 6.45) is 4.59. The number of hydrogen-bond donors (Lipinski definition) is 1. The Morgan fingerprint density at radius 2 is 2.25 bits per heavy atom. The third-order valence-corrected chi connectivity index (χ3v) is 3.99. The Balaban J connectivity index is 0.00000128. The molecule has 0 amide bonds. The molecule has 0 bridgehead atoms. The molecule has 2 unspecified atom stereocenters. The van der Waals surface area contributed by atoms with Crippen LogP contribution in [-0.2, 0) is 6.54 Å². The van der Waals surface area contributed by atoms with E-state index < -0.39 is 0 Å². The first-order valence-electron chi connectivity index (χ1n) is 5.59. The Bertz CT molecular complexity index is 329. The topological polar surface area (TPSA) is 42.2 Å². The van der Waals surface area contributed by atoms with Crippen LogP contribution in [0.15, 0.2) is 6.20 Å². The van der Waals surface area contributed by atoms with Gasteiger partial charge >= 0.3 is 0 Å². The van der Waals surface area contributed by atoms with Crippen LogP contribution in [0.4, 0.5) is 5.13 Å². The van der Waals surface area contributed by atoms with Gasteiger partial charge in [0.05, 0.1) is 0 Å². The fourth-order valence-corrected chi connectivity index (χ4v) is 2.91. The van der Waals surface area contributed by atoms with Crippen molar-refractivity contribution in [2.75, 3.05) is 12.3 Å². The van der Waals surface area contributed by atoms with E-state index in [4.69, 9.17) is 5.73 Å². The molecule has 0 saturated carbocycles. The highest BCUT2D eigenvalue weighted by molar-refractivity contribution is 7.15. The number of rotatable bonds is 2. The SMILES string of the molecule is CC1CCC(C)N(Cc2cnc(N)s2)C1.Cl. The number of nitrogen functional groups attached to an aromatic ring is 1. The van der Waals surface area contributed by atoms with Crippen molar-refractivity contribution in [2.45, 2.75) is 39.3 Å². The number of thiazole rings is 1. The maximum atomic E-state index is 5.63. The molecule has 2 N–H and O–H groups in total. The van der Waals surface area contributed by atoms with Crippen LogP contribution in [-0.4, -0.2) is 22.5 Å². The lowest BCUT2D eigenvalue weighted by molar-refractivity contribution is 0.118. The van der Waals surface area contributed by atoms with Gasteiger partial charge in [0.1, 0.15) is 0 Å². The van der Waals surface area contributed by atoms with Crippen molar-refractivity contribution in [3.05, 3.63) is 11.1 Å². The molecule has 2 heterocycles. The van der Waals surface area contributed by atoms with E-state index in [0.29, 0.717) is 11.2 Å². The molecular weight excluding hydrogens is 242 g/mol. The van der Waals surface area contributed by atoms with Crippen LogP contribution in [0.2, 0.25) is 0 Å². The molecule has 1 aliphatic heterocycles. The molecule has 1 aromatic heterocycles. The normalized spacial score (nSPS) is 26.4. The van der Waals surface area contributed by atoms with Gasteiger partial charge in [-0.05, 0) is 25.7 Å². The van der Waals surface area contributed by atoms with Crippen LogP contribution in [0.25, 0.3) is 0 Å². The van der Waals surface area contributed by atoms with Crippen LogP contribution in [0.3, 0.4) is 0 Å². The smallest absolute Gasteiger partial charge is 0.180 e. The predicted octanol–water partition coefficient (Wildman–Crippen LogP) is 2.77. The van der Waals surface area contributed by atoms with Crippen LogP contribution in [0.5, 0.6) is 0 Å². The first kappa shape index (κ1) is 13.7. The second-order valence-corrected chi connectivity index (χ2v) is 5.77. The highest BCUT2D eigenvalue weighted by atomic mass is 35.5. The Hall–Kier alpha value is -0.320. The summed E-state index contributed by atoms with van der Waals surface area (Å²) in [6, 6.07) is 0.699. The number of halogens is 1. The zero-order valence-electron chi connectivity index (χ0n) is 9.85. The molecule has 1 saturated heterocycles. The predicted molar refractivity (Wildman–Crippen MR) is 72.0 cm³/mol. The lowest BCUT2D eigenvalue weighted by Crippen LogP contribution is -2.40. The first-order valence-corrected chi connectivity index (χ1v) is 6.41. The van der Waals surface area contributed by atoms with Crippen molar-refractivity contribution < 1.29 is 0 Å². The molecule has 16 heavy (non-hydrogen) atoms. The van der Waals surface area contributed by atoms with E-state index in [1.807, 2.05) is 6.20 Å². The Morgan fingerprint density at radius 3 is 2.88 bits per heavy atom. The minimum absolute atomic E-state index is 0. The third-order valence-electron chi connectivity index (χ3n) is 3.18. The fraction of sp³-hybridized carbons (Fsp3) is 0.727. The van der Waals surface area contributed by atoms with Gasteiger partial charge in [-0.15, -0.1) is 23.7 Å². The van der Waals surface area contributed by atoms with Crippen LogP contribution in [0, 0.1) is 5.92 Å². The summed E-state index contributed by atoms with van der Waals surface area (Å²) in [5.74, 6) is 0.825. The summed E-state index contributed by atoms with van der Waals surface area (Å²) in [7, 11) is 0. The van der Waals surface area contributed by atoms with Gasteiger partial charge in [0, 0.05) is 30.2 Å². The summed E-state index contributed by atoms with van der Waals surface area (Å²) in [6.45, 7) is 6.87. The zero-order valence-corrected chi connectivity index (χ0v) is 11.5. The highest BCUT2D eigenvalue weighted by Gasteiger charge is 2.23. The van der Waals surface area contributed by atoms with Gasteiger partial charge in [-0.1, -0.05) is 6.92 Å². The van der Waals surface area contributed by atoms with Crippen molar-refractivity contribution >= 4 is 28.9 Å². The van der Waals surface area contributed by atoms with E-state index in [1.54, 1.807) is 11.3 Å². The fourth-order valence-electron chi connectivity index (χ4n) is 2.20. The van der Waals surface area contributed by atoms with Crippen molar-refractivity contribution in [2.24, 2.45) is 5.92 Å². The lowest BCUT2D eigenvalue weighted by Gasteiger charge is -2.36. The molecule has 0 radical (unpaired) electrons. The number of hydrogen-bond acceptors (Lipinski definition) is 4. The average Bonchev–Trinajstić information content (AvgIpc) is 2.58. The van der Waals surface area contributed by atoms with E-state index in [-0.39, 0.29) is 12.4 Å². The standard InChI is InChI=1S/C11H19N3S.ClH/c1-8-3-4-9(2)14(6-8)7-10-5-13-11(12)15-10;/h5,8-9H,3-4,6-7H2,1-2H3,(H2,12,13);1H. The number of likely N-dealkylation sites (tertiary alicyclic amines) is 1. The van der Waals surface area contributed by atoms with Gasteiger partial charge in [-0.3, -0.25) is 4.90 Å². The van der Waals surface area contributed by atoms with Gasteiger partial charge in [-0.25, -0.2) is 4.98 Å². The second-order valence-electron chi connectivity index (χ2n) is 4.63. The molecule has 0 spiro atoms. The summed E-state index contributed by atoms with van der Waals surface area (Å²) >= 11 is 1.61. The van der Waals surface area contributed by atoms with Gasteiger partial charge in [0.25, 0.3) is 0 Å². The van der Waals surface area contributed by atoms with Crippen LogP contribution >= 0.6 is 23.7 Å². The number of nitrogens with two attached hydrogens (primary N) is 1. The molecular formula is C11H20ClN3S. The molecule has 1 aromatic rings. The maximum absolute atomic E-state index is 5.63. The van der Waals surface area contributed by atoms with Crippen molar-refractivity contribution in [3.8, 4) is 0 Å². The third kappa shape index (κ3) is 3.34. The molecule has 1 fully saturated rings. The van der Waals surface area contributed by atoms with Crippen molar-refractivity contribution in [1.29, 1.82) is 0 Å². The monoisotopic (exact) mass is 261 g/mol. The quantitative estimate of drug-likeness (QED) is 0.890. The molecule has 0 aromatic carbocycles. The van der Waals surface area contributed by atoms with Crippen LogP contribution in [0.1, 0.15) is 31.6 Å². The Kier molecular flexibility index (Phi) is 5.02. The minimum atomic E-state index is 0. The van der Waals surface area contributed by atoms with Crippen LogP contribution < -0.4 is 5.73 Å². The molecule has 2 rings (SSSR count). The molecule has 92 valence electrons. The summed E-state index contributed by atoms with van der Waals surface area (Å²) < 4.78 is 0. The van der Waals surface area contributed by atoms with E-state index in [2.05, 4.69) is 23.7 Å². The number of aromatic nitrogens is 1. The summed E-state index contributed by atoms with van der Waals surface area (Å²) in [4.78, 5) is 7.92. The largest absolute Gasteiger partial charge is 0.375 e. The molecule has 0 aliphatic carbocycles. The van der Waals surface area contributed by atoms with Gasteiger partial charge < -0.3 is 5.73 Å². The Labute approximate surface area is 107 Å². The maximum Gasteiger partial charge on any atom is 0.180 e. The van der Waals surface area contributed by atoms with Gasteiger partial charge in [-0.2, -0.15) is 0 Å². The van der Waals surface area contributed by atoms with Crippen molar-refractivity contribution in [1.82, 2.24) is 9.88 Å². The van der Waals surface area contributed by atoms with E-state index in [0.717, 1.165) is 12.5 Å². The minimum Gasteiger partial charge on any atom is -0.375 e. The molecule has 3 nitrogen and oxygen atoms in total. The van der Waals surface area contributed by atoms with Crippen molar-refractivity contribution in [3.63, 3.8) is 0 Å². The van der Waals surface area contributed by atoms with E-state index in [1.165, 1.54) is 24.3 Å². The average molecular weight is 262 g/mol. The molecule has 5 heteroatoms. The number of anilines is 1. The second kappa shape index (κ2) is 5.84. The zero-order chi connectivity index (χ0) is 10.8. The number of piperidine rings is 1. The van der Waals surface area contributed by atoms with E-state index >= 15 is 0 Å². The first-order chi connectivity index (χ1) is 7.15. The highest BCUT2D eigenvalue weighted by Crippen LogP contribution is 2.25. The van der Waals surface area contributed by atoms with Gasteiger partial charge in [0.2, 0.25) is 0 Å². The number of nitrogens with zero attached hydrogens (tertiary/aromatic N) is 2. The molecule has 2 atom stereocenters. The van der Waals surface area contributed by atoms with E-state index in [9.17, 15) is 0 Å². The summed E-state index contributed by atoms with van der Waals surface area (Å²) in [5.41, 5.74) is 5.63. The molecule has 1 aliphatic rings. The lowest BCUT2D eigenvalue weighted by atomic mass is 9.95. The Morgan fingerprint density at radius 1 is 1.50 bits per heavy atom. The van der Waals surface area contributed by atoms with Gasteiger partial charge in [0.15, 0.2) is 5.13 Å². The summed E-state index contributed by atoms with van der Waals surface area (Å²) in [5, 5.41) is 0.683.